The van der Waals surface area contributed by atoms with Gasteiger partial charge in [0.05, 0.1) is 11.1 Å². The molecule has 52 heavy (non-hydrogen) atoms. The van der Waals surface area contributed by atoms with Gasteiger partial charge in [-0.25, -0.2) is 4.39 Å². The fourth-order valence-corrected chi connectivity index (χ4v) is 8.34. The van der Waals surface area contributed by atoms with Crippen LogP contribution in [0.3, 0.4) is 0 Å². The molecule has 0 radical (unpaired) electrons. The summed E-state index contributed by atoms with van der Waals surface area (Å²) in [5, 5.41) is 40.0. The molecule has 2 aliphatic rings. The van der Waals surface area contributed by atoms with E-state index in [2.05, 4.69) is 0 Å². The van der Waals surface area contributed by atoms with E-state index >= 15 is 0 Å². The Kier molecular flexibility index (Phi) is 7.91. The topological polar surface area (TPSA) is 95.2 Å². The largest absolute Gasteiger partial charge is 0.419 e. The number of halogens is 7. The van der Waals surface area contributed by atoms with Gasteiger partial charge in [-0.15, -0.1) is 11.3 Å². The van der Waals surface area contributed by atoms with Gasteiger partial charge in [0.15, 0.2) is 0 Å². The van der Waals surface area contributed by atoms with E-state index in [1.807, 2.05) is 24.3 Å². The van der Waals surface area contributed by atoms with Crippen LogP contribution in [0, 0.1) is 51.1 Å². The zero-order chi connectivity index (χ0) is 37.3. The molecule has 0 spiro atoms. The van der Waals surface area contributed by atoms with E-state index in [1.165, 1.54) is 12.1 Å². The maximum Gasteiger partial charge on any atom is 0.419 e. The number of nitrogens with zero attached hydrogens (tertiary/aromatic N) is 4. The highest BCUT2D eigenvalue weighted by molar-refractivity contribution is 7.16. The summed E-state index contributed by atoms with van der Waals surface area (Å²) in [6.45, 7) is 1.62. The van der Waals surface area contributed by atoms with Gasteiger partial charge in [0.2, 0.25) is 0 Å². The van der Waals surface area contributed by atoms with Gasteiger partial charge in [-0.2, -0.15) is 47.4 Å². The Morgan fingerprint density at radius 2 is 0.962 bits per heavy atom. The first-order valence-electron chi connectivity index (χ1n) is 15.4. The molecule has 4 aromatic carbocycles. The number of aryl methyl sites for hydroxylation is 1. The minimum Gasteiger partial charge on any atom is -0.206 e. The van der Waals surface area contributed by atoms with Crippen LogP contribution in [0.5, 0.6) is 0 Å². The quantitative estimate of drug-likeness (QED) is 0.134. The van der Waals surface area contributed by atoms with E-state index in [9.17, 15) is 51.8 Å². The lowest BCUT2D eigenvalue weighted by Crippen LogP contribution is -2.08. The Bertz CT molecular complexity index is 2610. The summed E-state index contributed by atoms with van der Waals surface area (Å²) in [6, 6.07) is 24.1. The first kappa shape index (κ1) is 34.0. The van der Waals surface area contributed by atoms with E-state index in [1.54, 1.807) is 43.3 Å². The number of fused-ring (bicyclic) bond motifs is 7. The van der Waals surface area contributed by atoms with Crippen molar-refractivity contribution in [2.45, 2.75) is 25.7 Å². The van der Waals surface area contributed by atoms with E-state index < -0.39 is 29.3 Å². The molecular formula is C40H17F7N4S. The Hall–Kier alpha value is -6.47. The number of allylic oxidation sites excluding steroid dienone is 2. The Labute approximate surface area is 295 Å². The van der Waals surface area contributed by atoms with Gasteiger partial charge in [-0.3, -0.25) is 0 Å². The zero-order valence-electron chi connectivity index (χ0n) is 26.5. The van der Waals surface area contributed by atoms with Gasteiger partial charge in [0.1, 0.15) is 41.2 Å². The molecule has 1 aromatic heterocycles. The van der Waals surface area contributed by atoms with Gasteiger partial charge >= 0.3 is 12.4 Å². The van der Waals surface area contributed by atoms with Gasteiger partial charge in [0, 0.05) is 32.0 Å². The van der Waals surface area contributed by atoms with Crippen molar-refractivity contribution in [3.8, 4) is 68.8 Å². The standard InChI is InChI=1S/C40H17F7N4S/c1-2-19-11-20(5-9-30(19)39(42,43)44)21-3-7-26-28(12-21)33(24(15-48)16-49)37-35(26)36-27-8-4-22(23-6-10-31(32(41)14-23)40(45,46)47)13-29(27)34(38(36)52-37)25(17-50)18-51/h3-14H,2H2,1H3. The molecular weight excluding hydrogens is 702 g/mol. The van der Waals surface area contributed by atoms with Crippen molar-refractivity contribution in [3.05, 3.63) is 127 Å². The molecule has 0 atom stereocenters. The molecule has 0 amide bonds. The lowest BCUT2D eigenvalue weighted by atomic mass is 9.92. The number of thiophene rings is 1. The van der Waals surface area contributed by atoms with Crippen LogP contribution >= 0.6 is 11.3 Å². The van der Waals surface area contributed by atoms with Gasteiger partial charge < -0.3 is 0 Å². The Balaban J connectivity index is 1.45. The molecule has 252 valence electrons. The summed E-state index contributed by atoms with van der Waals surface area (Å²) in [5.74, 6) is -1.46. The SMILES string of the molecule is CCc1cc(-c2ccc3c(c2)C(=C(C#N)C#N)c2sc4c(c2-3)-c2ccc(-c3ccc(C(F)(F)F)c(F)c3)cc2C4=C(C#N)C#N)ccc1C(F)(F)F. The van der Waals surface area contributed by atoms with E-state index in [0.717, 1.165) is 29.5 Å². The fraction of sp³-hybridized carbons (Fsp3) is 0.100. The zero-order valence-corrected chi connectivity index (χ0v) is 27.3. The molecule has 0 saturated heterocycles. The second-order valence-corrected chi connectivity index (χ2v) is 12.9. The lowest BCUT2D eigenvalue weighted by Gasteiger charge is -2.14. The highest BCUT2D eigenvalue weighted by Gasteiger charge is 2.40. The van der Waals surface area contributed by atoms with Crippen molar-refractivity contribution in [2.75, 3.05) is 0 Å². The molecule has 7 rings (SSSR count). The van der Waals surface area contributed by atoms with Crippen LogP contribution in [0.2, 0.25) is 0 Å². The highest BCUT2D eigenvalue weighted by Crippen LogP contribution is 2.61. The van der Waals surface area contributed by atoms with Crippen LogP contribution in [-0.2, 0) is 18.8 Å². The van der Waals surface area contributed by atoms with Crippen LogP contribution in [-0.4, -0.2) is 0 Å². The number of benzene rings is 4. The predicted molar refractivity (Wildman–Crippen MR) is 180 cm³/mol. The van der Waals surface area contributed by atoms with Crippen molar-refractivity contribution < 1.29 is 30.7 Å². The molecule has 0 unspecified atom stereocenters. The summed E-state index contributed by atoms with van der Waals surface area (Å²) in [7, 11) is 0. The van der Waals surface area contributed by atoms with Crippen molar-refractivity contribution in [1.82, 2.24) is 0 Å². The molecule has 0 saturated carbocycles. The normalized spacial score (nSPS) is 12.5. The summed E-state index contributed by atoms with van der Waals surface area (Å²) in [6.07, 6.45) is -9.29. The van der Waals surface area contributed by atoms with Crippen molar-refractivity contribution in [2.24, 2.45) is 0 Å². The third-order valence-corrected chi connectivity index (χ3v) is 10.4. The van der Waals surface area contributed by atoms with Gasteiger partial charge in [-0.1, -0.05) is 49.4 Å². The second kappa shape index (κ2) is 12.1. The van der Waals surface area contributed by atoms with Crippen molar-refractivity contribution in [1.29, 1.82) is 21.0 Å². The highest BCUT2D eigenvalue weighted by atomic mass is 32.1. The number of hydrogen-bond donors (Lipinski definition) is 0. The van der Waals surface area contributed by atoms with Crippen molar-refractivity contribution >= 4 is 22.5 Å². The van der Waals surface area contributed by atoms with Crippen LogP contribution < -0.4 is 0 Å². The average molecular weight is 719 g/mol. The summed E-state index contributed by atoms with van der Waals surface area (Å²) < 4.78 is 95.2. The monoisotopic (exact) mass is 718 g/mol. The maximum absolute atomic E-state index is 14.6. The predicted octanol–water partition coefficient (Wildman–Crippen LogP) is 11.5. The van der Waals surface area contributed by atoms with Gasteiger partial charge in [-0.05, 0) is 86.8 Å². The lowest BCUT2D eigenvalue weighted by molar-refractivity contribution is -0.140. The first-order chi connectivity index (χ1) is 24.7. The second-order valence-electron chi connectivity index (χ2n) is 11.9. The molecule has 2 aliphatic carbocycles. The molecule has 5 aromatic rings. The molecule has 0 bridgehead atoms. The Morgan fingerprint density at radius 3 is 1.37 bits per heavy atom. The van der Waals surface area contributed by atoms with E-state index in [0.29, 0.717) is 71.5 Å². The molecule has 4 nitrogen and oxygen atoms in total. The first-order valence-corrected chi connectivity index (χ1v) is 16.2. The summed E-state index contributed by atoms with van der Waals surface area (Å²) in [5.41, 5.74) is 2.80. The summed E-state index contributed by atoms with van der Waals surface area (Å²) in [4.78, 5) is 1.01. The minimum absolute atomic E-state index is 0.105. The maximum atomic E-state index is 14.6. The van der Waals surface area contributed by atoms with Crippen molar-refractivity contribution in [3.63, 3.8) is 0 Å². The van der Waals surface area contributed by atoms with E-state index in [4.69, 9.17) is 0 Å². The summed E-state index contributed by atoms with van der Waals surface area (Å²) >= 11 is 1.15. The van der Waals surface area contributed by atoms with Crippen LogP contribution in [0.4, 0.5) is 30.7 Å². The number of hydrogen-bond acceptors (Lipinski definition) is 5. The number of rotatable bonds is 3. The fourth-order valence-electron chi connectivity index (χ4n) is 6.88. The molecule has 12 heteroatoms. The van der Waals surface area contributed by atoms with Gasteiger partial charge in [0.25, 0.3) is 0 Å². The third kappa shape index (κ3) is 5.16. The minimum atomic E-state index is -4.89. The van der Waals surface area contributed by atoms with E-state index in [-0.39, 0.29) is 34.3 Å². The Morgan fingerprint density at radius 1 is 0.558 bits per heavy atom. The number of nitriles is 4. The smallest absolute Gasteiger partial charge is 0.206 e. The molecule has 0 N–H and O–H groups in total. The number of alkyl halides is 6. The van der Waals surface area contributed by atoms with Crippen LogP contribution in [0.15, 0.2) is 83.9 Å². The third-order valence-electron chi connectivity index (χ3n) is 9.16. The molecule has 0 aliphatic heterocycles. The average Bonchev–Trinajstić information content (AvgIpc) is 3.74. The van der Waals surface area contributed by atoms with Crippen LogP contribution in [0.1, 0.15) is 44.5 Å². The molecule has 1 heterocycles. The molecule has 0 fully saturated rings. The van der Waals surface area contributed by atoms with Crippen LogP contribution in [0.25, 0.3) is 55.7 Å².